The number of carboxylic acid groups (broad SMARTS) is 1. The number of likely N-dealkylation sites (tertiary alicyclic amines) is 1. The average molecular weight is 431 g/mol. The molecule has 2 aromatic carbocycles. The molecule has 1 unspecified atom stereocenters. The van der Waals surface area contributed by atoms with Gasteiger partial charge in [0.1, 0.15) is 6.04 Å². The van der Waals surface area contributed by atoms with Crippen molar-refractivity contribution in [3.8, 4) is 0 Å². The number of halogens is 6. The van der Waals surface area contributed by atoms with Crippen LogP contribution in [0.15, 0.2) is 48.5 Å². The number of aliphatic carboxylic acids is 1. The number of nitrogens with zero attached hydrogens (tertiary/aromatic N) is 1. The Balaban J connectivity index is 2.05. The standard InChI is InChI=1S/C21H19F6NO2/c22-20(23,24)15-8-4-13(5-9-15)18(28-12-2-1-3-17(28)19(29)30)14-6-10-16(11-7-14)21(25,26)27/h4-11,17-18H,1-3,12H2,(H,29,30). The highest BCUT2D eigenvalue weighted by molar-refractivity contribution is 5.73. The minimum absolute atomic E-state index is 0.354. The van der Waals surface area contributed by atoms with Crippen LogP contribution in [0.1, 0.15) is 47.6 Å². The fraction of sp³-hybridized carbons (Fsp3) is 0.381. The van der Waals surface area contributed by atoms with Crippen molar-refractivity contribution in [2.45, 2.75) is 43.7 Å². The van der Waals surface area contributed by atoms with E-state index in [-0.39, 0.29) is 0 Å². The number of hydrogen-bond acceptors (Lipinski definition) is 2. The zero-order valence-electron chi connectivity index (χ0n) is 15.7. The molecule has 1 fully saturated rings. The third-order valence-electron chi connectivity index (χ3n) is 5.27. The Morgan fingerprint density at radius 3 is 1.63 bits per heavy atom. The van der Waals surface area contributed by atoms with Crippen molar-refractivity contribution in [1.29, 1.82) is 0 Å². The molecule has 1 atom stereocenters. The smallest absolute Gasteiger partial charge is 0.416 e. The Morgan fingerprint density at radius 1 is 0.833 bits per heavy atom. The molecule has 9 heteroatoms. The van der Waals surface area contributed by atoms with Crippen molar-refractivity contribution in [3.05, 3.63) is 70.8 Å². The normalized spacial score (nSPS) is 18.6. The third kappa shape index (κ3) is 4.77. The number of hydrogen-bond donors (Lipinski definition) is 1. The molecule has 3 rings (SSSR count). The summed E-state index contributed by atoms with van der Waals surface area (Å²) in [6, 6.07) is 6.91. The molecule has 0 aliphatic carbocycles. The SMILES string of the molecule is O=C(O)C1CCCCN1C(c1ccc(C(F)(F)F)cc1)c1ccc(C(F)(F)F)cc1. The zero-order chi connectivity index (χ0) is 22.1. The summed E-state index contributed by atoms with van der Waals surface area (Å²) in [5, 5.41) is 9.61. The van der Waals surface area contributed by atoms with Gasteiger partial charge in [-0.05, 0) is 54.8 Å². The summed E-state index contributed by atoms with van der Waals surface area (Å²) >= 11 is 0. The van der Waals surface area contributed by atoms with Crippen LogP contribution in [0.4, 0.5) is 26.3 Å². The molecule has 2 aromatic rings. The average Bonchev–Trinajstić information content (AvgIpc) is 2.68. The van der Waals surface area contributed by atoms with E-state index in [1.807, 2.05) is 0 Å². The highest BCUT2D eigenvalue weighted by Crippen LogP contribution is 2.37. The van der Waals surface area contributed by atoms with Gasteiger partial charge in [0, 0.05) is 0 Å². The van der Waals surface area contributed by atoms with Crippen LogP contribution in [0.5, 0.6) is 0 Å². The molecule has 1 saturated heterocycles. The van der Waals surface area contributed by atoms with Crippen LogP contribution in [0, 0.1) is 0 Å². The first kappa shape index (κ1) is 22.1. The van der Waals surface area contributed by atoms with E-state index in [4.69, 9.17) is 0 Å². The van der Waals surface area contributed by atoms with Gasteiger partial charge in [0.05, 0.1) is 17.2 Å². The van der Waals surface area contributed by atoms with E-state index >= 15 is 0 Å². The quantitative estimate of drug-likeness (QED) is 0.627. The maximum absolute atomic E-state index is 12.9. The molecule has 162 valence electrons. The van der Waals surface area contributed by atoms with Crippen molar-refractivity contribution in [2.24, 2.45) is 0 Å². The molecule has 0 saturated carbocycles. The zero-order valence-corrected chi connectivity index (χ0v) is 15.7. The van der Waals surface area contributed by atoms with E-state index < -0.39 is 41.5 Å². The predicted octanol–water partition coefficient (Wildman–Crippen LogP) is 5.75. The molecule has 1 N–H and O–H groups in total. The molecule has 1 aliphatic heterocycles. The highest BCUT2D eigenvalue weighted by atomic mass is 19.4. The number of benzene rings is 2. The fourth-order valence-corrected chi connectivity index (χ4v) is 3.81. The number of rotatable bonds is 4. The molecule has 0 amide bonds. The summed E-state index contributed by atoms with van der Waals surface area (Å²) in [4.78, 5) is 13.4. The minimum atomic E-state index is -4.53. The summed E-state index contributed by atoms with van der Waals surface area (Å²) in [5.74, 6) is -1.07. The lowest BCUT2D eigenvalue weighted by Crippen LogP contribution is -2.46. The highest BCUT2D eigenvalue weighted by Gasteiger charge is 2.37. The van der Waals surface area contributed by atoms with E-state index in [9.17, 15) is 36.2 Å². The molecule has 3 nitrogen and oxygen atoms in total. The lowest BCUT2D eigenvalue weighted by molar-refractivity contribution is -0.145. The molecule has 0 radical (unpaired) electrons. The third-order valence-corrected chi connectivity index (χ3v) is 5.27. The van der Waals surface area contributed by atoms with Gasteiger partial charge in [-0.3, -0.25) is 9.69 Å². The second-order valence-electron chi connectivity index (χ2n) is 7.23. The number of piperidine rings is 1. The second-order valence-corrected chi connectivity index (χ2v) is 7.23. The molecular weight excluding hydrogens is 412 g/mol. The van der Waals surface area contributed by atoms with Gasteiger partial charge in [-0.1, -0.05) is 30.7 Å². The van der Waals surface area contributed by atoms with Gasteiger partial charge >= 0.3 is 18.3 Å². The number of alkyl halides is 6. The monoisotopic (exact) mass is 431 g/mol. The predicted molar refractivity (Wildman–Crippen MR) is 96.7 cm³/mol. The van der Waals surface area contributed by atoms with E-state index in [2.05, 4.69) is 0 Å². The first-order chi connectivity index (χ1) is 14.0. The summed E-state index contributed by atoms with van der Waals surface area (Å²) in [5.41, 5.74) is -0.941. The molecule has 1 heterocycles. The van der Waals surface area contributed by atoms with Crippen LogP contribution in [0.2, 0.25) is 0 Å². The lowest BCUT2D eigenvalue weighted by Gasteiger charge is -2.39. The van der Waals surface area contributed by atoms with Crippen LogP contribution < -0.4 is 0 Å². The van der Waals surface area contributed by atoms with E-state index in [0.29, 0.717) is 36.9 Å². The van der Waals surface area contributed by atoms with Crippen molar-refractivity contribution in [2.75, 3.05) is 6.54 Å². The van der Waals surface area contributed by atoms with Crippen LogP contribution in [0.25, 0.3) is 0 Å². The number of carbonyl (C=O) groups is 1. The van der Waals surface area contributed by atoms with Crippen molar-refractivity contribution < 1.29 is 36.2 Å². The van der Waals surface area contributed by atoms with Gasteiger partial charge in [0.25, 0.3) is 0 Å². The maximum atomic E-state index is 12.9. The second kappa shape index (κ2) is 8.29. The minimum Gasteiger partial charge on any atom is -0.480 e. The van der Waals surface area contributed by atoms with E-state index in [1.54, 1.807) is 4.90 Å². The Hall–Kier alpha value is -2.55. The topological polar surface area (TPSA) is 40.5 Å². The van der Waals surface area contributed by atoms with Crippen LogP contribution >= 0.6 is 0 Å². The Bertz CT molecular complexity index is 817. The van der Waals surface area contributed by atoms with Crippen LogP contribution in [0.3, 0.4) is 0 Å². The van der Waals surface area contributed by atoms with Gasteiger partial charge in [0.2, 0.25) is 0 Å². The fourth-order valence-electron chi connectivity index (χ4n) is 3.81. The summed E-state index contributed by atoms with van der Waals surface area (Å²) in [6.45, 7) is 0.365. The van der Waals surface area contributed by atoms with Gasteiger partial charge in [-0.15, -0.1) is 0 Å². The van der Waals surface area contributed by atoms with Crippen molar-refractivity contribution in [1.82, 2.24) is 4.90 Å². The molecular formula is C21H19F6NO2. The van der Waals surface area contributed by atoms with Crippen molar-refractivity contribution in [3.63, 3.8) is 0 Å². The Kier molecular flexibility index (Phi) is 6.12. The number of carboxylic acids is 1. The van der Waals surface area contributed by atoms with Gasteiger partial charge < -0.3 is 5.11 Å². The Morgan fingerprint density at radius 2 is 1.27 bits per heavy atom. The van der Waals surface area contributed by atoms with Gasteiger partial charge in [-0.25, -0.2) is 0 Å². The Labute approximate surface area is 168 Å². The van der Waals surface area contributed by atoms with Crippen LogP contribution in [-0.2, 0) is 17.1 Å². The summed E-state index contributed by atoms with van der Waals surface area (Å²) in [7, 11) is 0. The van der Waals surface area contributed by atoms with E-state index in [0.717, 1.165) is 24.3 Å². The molecule has 0 aromatic heterocycles. The molecule has 1 aliphatic rings. The molecule has 0 spiro atoms. The maximum Gasteiger partial charge on any atom is 0.416 e. The molecule has 0 bridgehead atoms. The molecule has 30 heavy (non-hydrogen) atoms. The first-order valence-electron chi connectivity index (χ1n) is 9.31. The van der Waals surface area contributed by atoms with Gasteiger partial charge in [0.15, 0.2) is 0 Å². The van der Waals surface area contributed by atoms with Crippen LogP contribution in [-0.4, -0.2) is 28.6 Å². The lowest BCUT2D eigenvalue weighted by atomic mass is 9.91. The van der Waals surface area contributed by atoms with Gasteiger partial charge in [-0.2, -0.15) is 26.3 Å². The largest absolute Gasteiger partial charge is 0.480 e. The summed E-state index contributed by atoms with van der Waals surface area (Å²) < 4.78 is 77.6. The summed E-state index contributed by atoms with van der Waals surface area (Å²) in [6.07, 6.45) is -7.34. The first-order valence-corrected chi connectivity index (χ1v) is 9.31. The van der Waals surface area contributed by atoms with E-state index in [1.165, 1.54) is 24.3 Å². The van der Waals surface area contributed by atoms with Crippen molar-refractivity contribution >= 4 is 5.97 Å².